The number of carbonyl (C=O) groups is 2. The van der Waals surface area contributed by atoms with Gasteiger partial charge in [0, 0.05) is 0 Å². The van der Waals surface area contributed by atoms with E-state index in [9.17, 15) is 30.0 Å². The summed E-state index contributed by atoms with van der Waals surface area (Å²) in [5, 5.41) is 44.8. The van der Waals surface area contributed by atoms with E-state index in [0.29, 0.717) is 11.1 Å². The number of nitrogens with zero attached hydrogens (tertiary/aromatic N) is 2. The van der Waals surface area contributed by atoms with Gasteiger partial charge < -0.3 is 20.4 Å². The summed E-state index contributed by atoms with van der Waals surface area (Å²) in [6.45, 7) is 1.65. The van der Waals surface area contributed by atoms with Gasteiger partial charge in [-0.1, -0.05) is 6.92 Å². The summed E-state index contributed by atoms with van der Waals surface area (Å²) in [4.78, 5) is 24.3. The molecule has 29 heavy (non-hydrogen) atoms. The molecule has 152 valence electrons. The molecule has 0 aromatic heterocycles. The normalized spacial score (nSPS) is 11.2. The number of phenols is 4. The van der Waals surface area contributed by atoms with Crippen LogP contribution in [0.3, 0.4) is 0 Å². The molecule has 0 radical (unpaired) electrons. The van der Waals surface area contributed by atoms with Gasteiger partial charge in [-0.05, 0) is 53.9 Å². The lowest BCUT2D eigenvalue weighted by Gasteiger charge is -2.10. The number of aromatic hydroxyl groups is 4. The predicted molar refractivity (Wildman–Crippen MR) is 105 cm³/mol. The maximum atomic E-state index is 12.2. The maximum absolute atomic E-state index is 12.2. The van der Waals surface area contributed by atoms with Crippen molar-refractivity contribution in [2.24, 2.45) is 16.1 Å². The van der Waals surface area contributed by atoms with Crippen LogP contribution in [0.1, 0.15) is 24.5 Å². The van der Waals surface area contributed by atoms with Gasteiger partial charge in [0.2, 0.25) is 0 Å². The molecule has 0 spiro atoms. The lowest BCUT2D eigenvalue weighted by molar-refractivity contribution is -0.135. The van der Waals surface area contributed by atoms with Crippen molar-refractivity contribution in [1.82, 2.24) is 10.9 Å². The van der Waals surface area contributed by atoms with Crippen molar-refractivity contribution in [3.8, 4) is 23.0 Å². The highest BCUT2D eigenvalue weighted by Gasteiger charge is 2.24. The number of phenolic OH excluding ortho intramolecular Hbond substituents is 4. The minimum atomic E-state index is -1.05. The molecule has 2 amide bonds. The number of hydrogen-bond donors (Lipinski definition) is 6. The van der Waals surface area contributed by atoms with Gasteiger partial charge in [0.05, 0.1) is 12.4 Å². The van der Waals surface area contributed by atoms with E-state index in [1.54, 1.807) is 6.92 Å². The number of amides is 2. The Morgan fingerprint density at radius 2 is 1.24 bits per heavy atom. The van der Waals surface area contributed by atoms with Crippen molar-refractivity contribution < 1.29 is 30.0 Å². The fourth-order valence-electron chi connectivity index (χ4n) is 2.23. The first kappa shape index (κ1) is 21.2. The summed E-state index contributed by atoms with van der Waals surface area (Å²) in [5.41, 5.74) is 5.32. The van der Waals surface area contributed by atoms with Gasteiger partial charge in [0.15, 0.2) is 23.0 Å². The van der Waals surface area contributed by atoms with E-state index in [1.807, 2.05) is 0 Å². The van der Waals surface area contributed by atoms with E-state index in [1.165, 1.54) is 48.8 Å². The number of benzene rings is 2. The van der Waals surface area contributed by atoms with Crippen LogP contribution in [0.25, 0.3) is 0 Å². The Morgan fingerprint density at radius 1 is 0.828 bits per heavy atom. The molecule has 0 fully saturated rings. The molecule has 0 saturated carbocycles. The van der Waals surface area contributed by atoms with Crippen LogP contribution in [0.4, 0.5) is 0 Å². The number of nitrogens with one attached hydrogen (secondary N) is 2. The lowest BCUT2D eigenvalue weighted by atomic mass is 10.1. The molecule has 0 atom stereocenters. The highest BCUT2D eigenvalue weighted by molar-refractivity contribution is 6.00. The largest absolute Gasteiger partial charge is 0.504 e. The van der Waals surface area contributed by atoms with Gasteiger partial charge in [-0.15, -0.1) is 0 Å². The number of hydrazone groups is 2. The molecule has 0 bridgehead atoms. The van der Waals surface area contributed by atoms with E-state index in [4.69, 9.17) is 0 Å². The van der Waals surface area contributed by atoms with Gasteiger partial charge in [0.25, 0.3) is 11.8 Å². The van der Waals surface area contributed by atoms with Gasteiger partial charge >= 0.3 is 0 Å². The second kappa shape index (κ2) is 9.74. The Labute approximate surface area is 165 Å². The monoisotopic (exact) mass is 400 g/mol. The smallest absolute Gasteiger partial charge is 0.252 e. The number of carbonyl (C=O) groups excluding carboxylic acids is 2. The van der Waals surface area contributed by atoms with Crippen molar-refractivity contribution in [2.75, 3.05) is 0 Å². The molecule has 2 rings (SSSR count). The van der Waals surface area contributed by atoms with E-state index < -0.39 is 17.7 Å². The summed E-state index contributed by atoms with van der Waals surface area (Å²) >= 11 is 0. The Bertz CT molecular complexity index is 882. The van der Waals surface area contributed by atoms with Crippen LogP contribution in [0.2, 0.25) is 0 Å². The third-order valence-corrected chi connectivity index (χ3v) is 3.82. The Kier molecular flexibility index (Phi) is 7.13. The molecule has 0 heterocycles. The molecule has 2 aromatic carbocycles. The van der Waals surface area contributed by atoms with Crippen molar-refractivity contribution in [3.63, 3.8) is 0 Å². The van der Waals surface area contributed by atoms with Gasteiger partial charge in [-0.3, -0.25) is 9.59 Å². The summed E-state index contributed by atoms with van der Waals surface area (Å²) in [5.74, 6) is -3.57. The zero-order chi connectivity index (χ0) is 21.4. The van der Waals surface area contributed by atoms with Crippen LogP contribution in [0.5, 0.6) is 23.0 Å². The Morgan fingerprint density at radius 3 is 1.59 bits per heavy atom. The molecule has 10 heteroatoms. The third kappa shape index (κ3) is 5.96. The summed E-state index contributed by atoms with van der Waals surface area (Å²) in [6.07, 6.45) is 2.69. The zero-order valence-corrected chi connectivity index (χ0v) is 15.4. The van der Waals surface area contributed by atoms with Crippen LogP contribution >= 0.6 is 0 Å². The lowest BCUT2D eigenvalue weighted by Crippen LogP contribution is -2.37. The second-order valence-electron chi connectivity index (χ2n) is 5.93. The van der Waals surface area contributed by atoms with Gasteiger partial charge in [-0.2, -0.15) is 10.2 Å². The fraction of sp³-hybridized carbons (Fsp3) is 0.158. The molecule has 0 unspecified atom stereocenters. The van der Waals surface area contributed by atoms with Crippen LogP contribution in [-0.4, -0.2) is 44.7 Å². The molecule has 2 aromatic rings. The molecule has 0 aliphatic rings. The Balaban J connectivity index is 1.92. The van der Waals surface area contributed by atoms with Crippen molar-refractivity contribution >= 4 is 24.2 Å². The number of hydrogen-bond acceptors (Lipinski definition) is 8. The maximum Gasteiger partial charge on any atom is 0.252 e. The van der Waals surface area contributed by atoms with E-state index >= 15 is 0 Å². The van der Waals surface area contributed by atoms with E-state index in [2.05, 4.69) is 21.1 Å². The van der Waals surface area contributed by atoms with Gasteiger partial charge in [-0.25, -0.2) is 10.9 Å². The van der Waals surface area contributed by atoms with Crippen molar-refractivity contribution in [3.05, 3.63) is 47.5 Å². The second-order valence-corrected chi connectivity index (χ2v) is 5.93. The van der Waals surface area contributed by atoms with Crippen molar-refractivity contribution in [2.45, 2.75) is 13.3 Å². The minimum Gasteiger partial charge on any atom is -0.504 e. The molecular weight excluding hydrogens is 380 g/mol. The number of rotatable bonds is 7. The van der Waals surface area contributed by atoms with E-state index in [0.717, 1.165) is 0 Å². The third-order valence-electron chi connectivity index (χ3n) is 3.82. The molecule has 0 saturated heterocycles. The summed E-state index contributed by atoms with van der Waals surface area (Å²) in [7, 11) is 0. The molecular formula is C19H20N4O6. The van der Waals surface area contributed by atoms with Crippen LogP contribution < -0.4 is 10.9 Å². The average molecular weight is 400 g/mol. The predicted octanol–water partition coefficient (Wildman–Crippen LogP) is 1.14. The fourth-order valence-corrected chi connectivity index (χ4v) is 2.23. The van der Waals surface area contributed by atoms with E-state index in [-0.39, 0.29) is 29.4 Å². The quantitative estimate of drug-likeness (QED) is 0.177. The topological polar surface area (TPSA) is 164 Å². The highest BCUT2D eigenvalue weighted by atomic mass is 16.3. The molecule has 0 aliphatic carbocycles. The first-order valence-electron chi connectivity index (χ1n) is 8.51. The zero-order valence-electron chi connectivity index (χ0n) is 15.4. The average Bonchev–Trinajstić information content (AvgIpc) is 2.68. The SMILES string of the molecule is CCC(C(=O)N/N=C/c1ccc(O)c(O)c1)C(=O)N/N=C/c1ccc(O)c(O)c1. The molecule has 10 nitrogen and oxygen atoms in total. The standard InChI is InChI=1S/C19H20N4O6/c1-2-13(18(28)22-20-9-11-3-5-14(24)16(26)7-11)19(29)23-21-10-12-4-6-15(25)17(27)8-12/h3-10,13,24-27H,2H2,1H3,(H,22,28)(H,23,29)/b20-9+,21-10+. The minimum absolute atomic E-state index is 0.197. The van der Waals surface area contributed by atoms with Crippen LogP contribution in [0, 0.1) is 5.92 Å². The molecule has 6 N–H and O–H groups in total. The van der Waals surface area contributed by atoms with Gasteiger partial charge in [0.1, 0.15) is 5.92 Å². The van der Waals surface area contributed by atoms with Crippen LogP contribution in [0.15, 0.2) is 46.6 Å². The summed E-state index contributed by atoms with van der Waals surface area (Å²) < 4.78 is 0. The highest BCUT2D eigenvalue weighted by Crippen LogP contribution is 2.24. The first-order valence-corrected chi connectivity index (χ1v) is 8.51. The van der Waals surface area contributed by atoms with Crippen LogP contribution in [-0.2, 0) is 9.59 Å². The molecule has 0 aliphatic heterocycles. The first-order chi connectivity index (χ1) is 13.8. The summed E-state index contributed by atoms with van der Waals surface area (Å²) in [6, 6.07) is 8.00. The Hall–Kier alpha value is -4.08. The van der Waals surface area contributed by atoms with Crippen molar-refractivity contribution in [1.29, 1.82) is 0 Å².